The minimum Gasteiger partial charge on any atom is -0.346 e. The van der Waals surface area contributed by atoms with Crippen molar-refractivity contribution in [3.8, 4) is 10.4 Å². The van der Waals surface area contributed by atoms with Crippen LogP contribution in [0.4, 0.5) is 0 Å². The maximum absolute atomic E-state index is 12.6. The van der Waals surface area contributed by atoms with E-state index in [9.17, 15) is 4.79 Å². The molecular weight excluding hydrogens is 344 g/mol. The minimum absolute atomic E-state index is 0.0595. The van der Waals surface area contributed by atoms with E-state index in [2.05, 4.69) is 40.0 Å². The number of nitrogens with zero attached hydrogens (tertiary/aromatic N) is 2. The topological polar surface area (TPSA) is 59.0 Å². The predicted molar refractivity (Wildman–Crippen MR) is 104 cm³/mol. The van der Waals surface area contributed by atoms with E-state index in [1.54, 1.807) is 23.6 Å². The molecule has 5 nitrogen and oxygen atoms in total. The number of carbonyl (C=O) groups excluding carboxylic acids is 1. The van der Waals surface area contributed by atoms with Crippen LogP contribution in [0.3, 0.4) is 0 Å². The number of rotatable bonds is 5. The zero-order chi connectivity index (χ0) is 17.8. The second-order valence-corrected chi connectivity index (χ2v) is 7.63. The number of hydrogen-bond acceptors (Lipinski definition) is 4. The third kappa shape index (κ3) is 3.71. The molecule has 0 bridgehead atoms. The fourth-order valence-electron chi connectivity index (χ4n) is 3.32. The van der Waals surface area contributed by atoms with Gasteiger partial charge in [0, 0.05) is 16.0 Å². The van der Waals surface area contributed by atoms with Crippen molar-refractivity contribution >= 4 is 17.2 Å². The molecule has 1 amide bonds. The molecule has 6 heteroatoms. The van der Waals surface area contributed by atoms with Gasteiger partial charge in [-0.25, -0.2) is 0 Å². The monoisotopic (exact) mass is 366 g/mol. The van der Waals surface area contributed by atoms with E-state index in [0.717, 1.165) is 30.8 Å². The third-order valence-electron chi connectivity index (χ3n) is 4.70. The van der Waals surface area contributed by atoms with Crippen molar-refractivity contribution in [2.24, 2.45) is 0 Å². The summed E-state index contributed by atoms with van der Waals surface area (Å²) in [6, 6.07) is 16.6. The van der Waals surface area contributed by atoms with Crippen LogP contribution >= 0.6 is 11.3 Å². The minimum atomic E-state index is -0.0595. The van der Waals surface area contributed by atoms with Gasteiger partial charge < -0.3 is 10.6 Å². The summed E-state index contributed by atoms with van der Waals surface area (Å²) in [4.78, 5) is 15.0. The van der Waals surface area contributed by atoms with Gasteiger partial charge >= 0.3 is 0 Å². The summed E-state index contributed by atoms with van der Waals surface area (Å²) in [7, 11) is 0. The van der Waals surface area contributed by atoms with E-state index in [4.69, 9.17) is 0 Å². The van der Waals surface area contributed by atoms with Crippen LogP contribution in [0.5, 0.6) is 0 Å². The third-order valence-corrected chi connectivity index (χ3v) is 5.83. The van der Waals surface area contributed by atoms with Crippen LogP contribution in [0.2, 0.25) is 0 Å². The number of benzene rings is 1. The van der Waals surface area contributed by atoms with Gasteiger partial charge in [-0.1, -0.05) is 30.3 Å². The van der Waals surface area contributed by atoms with Gasteiger partial charge in [0.15, 0.2) is 0 Å². The molecule has 134 valence electrons. The second kappa shape index (κ2) is 7.85. The Balaban J connectivity index is 1.40. The Morgan fingerprint density at radius 3 is 2.77 bits per heavy atom. The zero-order valence-electron chi connectivity index (χ0n) is 14.5. The van der Waals surface area contributed by atoms with Crippen molar-refractivity contribution < 1.29 is 4.79 Å². The quantitative estimate of drug-likeness (QED) is 0.727. The summed E-state index contributed by atoms with van der Waals surface area (Å²) in [6.45, 7) is 2.49. The molecule has 2 aromatic heterocycles. The van der Waals surface area contributed by atoms with Gasteiger partial charge in [0.25, 0.3) is 5.91 Å². The van der Waals surface area contributed by atoms with E-state index < -0.39 is 0 Å². The number of carbonyl (C=O) groups is 1. The number of hydrogen-bond donors (Lipinski definition) is 2. The summed E-state index contributed by atoms with van der Waals surface area (Å²) in [6.07, 6.45) is 3.73. The molecule has 0 spiro atoms. The number of aromatic nitrogens is 2. The first-order valence-electron chi connectivity index (χ1n) is 8.98. The fraction of sp³-hybridized carbons (Fsp3) is 0.300. The molecule has 0 aliphatic carbocycles. The second-order valence-electron chi connectivity index (χ2n) is 6.46. The molecule has 3 aromatic rings. The van der Waals surface area contributed by atoms with Gasteiger partial charge in [-0.15, -0.1) is 11.3 Å². The summed E-state index contributed by atoms with van der Waals surface area (Å²) in [5.41, 5.74) is 1.86. The molecule has 0 radical (unpaired) electrons. The normalized spacial score (nSPS) is 15.1. The van der Waals surface area contributed by atoms with Crippen LogP contribution in [0.25, 0.3) is 10.4 Å². The van der Waals surface area contributed by atoms with Crippen molar-refractivity contribution in [3.63, 3.8) is 0 Å². The average Bonchev–Trinajstić information content (AvgIpc) is 3.37. The van der Waals surface area contributed by atoms with Gasteiger partial charge in [0.2, 0.25) is 0 Å². The van der Waals surface area contributed by atoms with Crippen LogP contribution in [-0.2, 0) is 6.54 Å². The number of nitrogens with one attached hydrogen (secondary N) is 2. The maximum Gasteiger partial charge on any atom is 0.269 e. The molecule has 2 N–H and O–H groups in total. The molecule has 26 heavy (non-hydrogen) atoms. The van der Waals surface area contributed by atoms with E-state index in [1.165, 1.54) is 10.4 Å². The Morgan fingerprint density at radius 2 is 1.96 bits per heavy atom. The lowest BCUT2D eigenvalue weighted by Gasteiger charge is -2.24. The van der Waals surface area contributed by atoms with Crippen molar-refractivity contribution in [1.82, 2.24) is 20.4 Å². The van der Waals surface area contributed by atoms with Gasteiger partial charge in [0.1, 0.15) is 5.69 Å². The highest BCUT2D eigenvalue weighted by molar-refractivity contribution is 7.15. The van der Waals surface area contributed by atoms with Crippen LogP contribution in [-0.4, -0.2) is 28.8 Å². The highest BCUT2D eigenvalue weighted by Crippen LogP contribution is 2.27. The zero-order valence-corrected chi connectivity index (χ0v) is 15.3. The van der Waals surface area contributed by atoms with Crippen LogP contribution < -0.4 is 10.6 Å². The first-order valence-corrected chi connectivity index (χ1v) is 9.79. The highest BCUT2D eigenvalue weighted by atomic mass is 32.1. The van der Waals surface area contributed by atoms with Gasteiger partial charge in [-0.05, 0) is 49.7 Å². The van der Waals surface area contributed by atoms with E-state index in [1.807, 2.05) is 22.9 Å². The maximum atomic E-state index is 12.6. The molecule has 1 aromatic carbocycles. The van der Waals surface area contributed by atoms with Gasteiger partial charge in [-0.2, -0.15) is 5.10 Å². The summed E-state index contributed by atoms with van der Waals surface area (Å²) < 4.78 is 1.89. The van der Waals surface area contributed by atoms with Crippen molar-refractivity contribution in [1.29, 1.82) is 0 Å². The Morgan fingerprint density at radius 1 is 1.15 bits per heavy atom. The molecule has 1 fully saturated rings. The Hall–Kier alpha value is -2.44. The summed E-state index contributed by atoms with van der Waals surface area (Å²) in [5.74, 6) is -0.0595. The van der Waals surface area contributed by atoms with Gasteiger partial charge in [0.05, 0.1) is 12.6 Å². The molecule has 1 saturated heterocycles. The molecule has 0 atom stereocenters. The van der Waals surface area contributed by atoms with Gasteiger partial charge in [-0.3, -0.25) is 9.48 Å². The Labute approximate surface area is 157 Å². The fourth-order valence-corrected chi connectivity index (χ4v) is 4.28. The van der Waals surface area contributed by atoms with Crippen LogP contribution in [0.15, 0.2) is 54.7 Å². The SMILES string of the molecule is O=C(NCc1ccc(-c2ccccc2)s1)c1ccnn1C1CCNCC1. The molecule has 1 aliphatic rings. The lowest BCUT2D eigenvalue weighted by Crippen LogP contribution is -2.33. The smallest absolute Gasteiger partial charge is 0.269 e. The standard InChI is InChI=1S/C20H22N4OS/c25-20(18-10-13-23-24(18)16-8-11-21-12-9-16)22-14-17-6-7-19(26-17)15-4-2-1-3-5-15/h1-7,10,13,16,21H,8-9,11-12,14H2,(H,22,25). The molecule has 1 aliphatic heterocycles. The number of piperidine rings is 1. The average molecular weight is 366 g/mol. The molecule has 4 rings (SSSR count). The van der Waals surface area contributed by atoms with E-state index >= 15 is 0 Å². The summed E-state index contributed by atoms with van der Waals surface area (Å²) >= 11 is 1.71. The number of thiophene rings is 1. The van der Waals surface area contributed by atoms with Crippen LogP contribution in [0.1, 0.15) is 34.2 Å². The van der Waals surface area contributed by atoms with E-state index in [0.29, 0.717) is 18.3 Å². The molecular formula is C20H22N4OS. The highest BCUT2D eigenvalue weighted by Gasteiger charge is 2.21. The van der Waals surface area contributed by atoms with Crippen LogP contribution in [0, 0.1) is 0 Å². The lowest BCUT2D eigenvalue weighted by atomic mass is 10.1. The van der Waals surface area contributed by atoms with Crippen molar-refractivity contribution in [3.05, 3.63) is 65.3 Å². The number of amides is 1. The first kappa shape index (κ1) is 17.0. The van der Waals surface area contributed by atoms with E-state index in [-0.39, 0.29) is 5.91 Å². The predicted octanol–water partition coefficient (Wildman–Crippen LogP) is 3.47. The van der Waals surface area contributed by atoms with Crippen molar-refractivity contribution in [2.75, 3.05) is 13.1 Å². The first-order chi connectivity index (χ1) is 12.8. The Kier molecular flexibility index (Phi) is 5.13. The largest absolute Gasteiger partial charge is 0.346 e. The Bertz CT molecular complexity index is 865. The molecule has 0 saturated carbocycles. The molecule has 3 heterocycles. The molecule has 0 unspecified atom stereocenters. The lowest BCUT2D eigenvalue weighted by molar-refractivity contribution is 0.0936. The summed E-state index contributed by atoms with van der Waals surface area (Å²) in [5, 5.41) is 10.8. The van der Waals surface area contributed by atoms with Crippen molar-refractivity contribution in [2.45, 2.75) is 25.4 Å².